The predicted molar refractivity (Wildman–Crippen MR) is 116 cm³/mol. The summed E-state index contributed by atoms with van der Waals surface area (Å²) in [6.45, 7) is 7.32. The molecule has 1 aliphatic rings. The lowest BCUT2D eigenvalue weighted by atomic mass is 9.93. The molecule has 1 atom stereocenters. The van der Waals surface area contributed by atoms with Crippen molar-refractivity contribution in [2.75, 3.05) is 6.54 Å². The maximum Gasteiger partial charge on any atom is 0.271 e. The number of rotatable bonds is 6. The first kappa shape index (κ1) is 20.5. The number of aromatic nitrogens is 1. The third-order valence-corrected chi connectivity index (χ3v) is 6.05. The molecule has 2 aromatic heterocycles. The van der Waals surface area contributed by atoms with E-state index < -0.39 is 5.54 Å². The maximum atomic E-state index is 13.5. The molecule has 3 heterocycles. The van der Waals surface area contributed by atoms with Crippen molar-refractivity contribution < 1.29 is 14.0 Å². The van der Waals surface area contributed by atoms with Gasteiger partial charge in [0, 0.05) is 30.2 Å². The Hall–Kier alpha value is -2.73. The van der Waals surface area contributed by atoms with Gasteiger partial charge < -0.3 is 19.2 Å². The molecule has 6 nitrogen and oxygen atoms in total. The maximum absolute atomic E-state index is 13.5. The lowest BCUT2D eigenvalue weighted by Gasteiger charge is -2.44. The molecule has 4 rings (SSSR count). The van der Waals surface area contributed by atoms with E-state index >= 15 is 0 Å². The number of amides is 2. The van der Waals surface area contributed by atoms with Crippen molar-refractivity contribution in [2.45, 2.75) is 45.8 Å². The van der Waals surface area contributed by atoms with E-state index in [2.05, 4.69) is 19.2 Å². The highest BCUT2D eigenvalue weighted by atomic mass is 35.5. The molecular weight excluding hydrogens is 402 g/mol. The van der Waals surface area contributed by atoms with Crippen LogP contribution in [0.15, 0.2) is 47.1 Å². The summed E-state index contributed by atoms with van der Waals surface area (Å²) in [6, 6.07) is 10.9. The van der Waals surface area contributed by atoms with Crippen LogP contribution >= 0.6 is 11.6 Å². The van der Waals surface area contributed by atoms with Crippen LogP contribution in [-0.4, -0.2) is 33.4 Å². The van der Waals surface area contributed by atoms with Crippen LogP contribution in [0.25, 0.3) is 11.1 Å². The van der Waals surface area contributed by atoms with Gasteiger partial charge in [0.05, 0.1) is 18.3 Å². The average Bonchev–Trinajstić information content (AvgIpc) is 3.28. The Kier molecular flexibility index (Phi) is 5.36. The second-order valence-corrected chi connectivity index (χ2v) is 8.95. The Morgan fingerprint density at radius 1 is 1.27 bits per heavy atom. The zero-order valence-corrected chi connectivity index (χ0v) is 18.2. The molecule has 0 fully saturated rings. The Morgan fingerprint density at radius 3 is 2.70 bits per heavy atom. The predicted octanol–water partition coefficient (Wildman–Crippen LogP) is 4.46. The quantitative estimate of drug-likeness (QED) is 0.631. The Morgan fingerprint density at radius 2 is 2.00 bits per heavy atom. The number of furan rings is 1. The summed E-state index contributed by atoms with van der Waals surface area (Å²) >= 11 is 6.01. The van der Waals surface area contributed by atoms with Crippen molar-refractivity contribution >= 4 is 34.5 Å². The highest BCUT2D eigenvalue weighted by Crippen LogP contribution is 2.34. The molecule has 1 aliphatic heterocycles. The van der Waals surface area contributed by atoms with E-state index in [-0.39, 0.29) is 11.8 Å². The van der Waals surface area contributed by atoms with Gasteiger partial charge in [-0.25, -0.2) is 0 Å². The number of carbonyl (C=O) groups excluding carboxylic acids is 2. The largest absolute Gasteiger partial charge is 0.463 e. The topological polar surface area (TPSA) is 67.5 Å². The van der Waals surface area contributed by atoms with Crippen LogP contribution in [0.1, 0.15) is 43.2 Å². The normalized spacial score (nSPS) is 18.8. The molecule has 1 unspecified atom stereocenters. The monoisotopic (exact) mass is 427 g/mol. The second kappa shape index (κ2) is 7.84. The van der Waals surface area contributed by atoms with Crippen molar-refractivity contribution in [3.63, 3.8) is 0 Å². The minimum atomic E-state index is -1.04. The number of fused-ring (bicyclic) bond motifs is 3. The molecular formula is C23H26ClN3O3. The Bertz CT molecular complexity index is 1080. The van der Waals surface area contributed by atoms with Gasteiger partial charge in [0.15, 0.2) is 5.58 Å². The minimum absolute atomic E-state index is 0.151. The lowest BCUT2D eigenvalue weighted by molar-refractivity contribution is -0.133. The van der Waals surface area contributed by atoms with Gasteiger partial charge in [-0.2, -0.15) is 0 Å². The van der Waals surface area contributed by atoms with Crippen molar-refractivity contribution in [1.82, 2.24) is 14.8 Å². The van der Waals surface area contributed by atoms with Gasteiger partial charge in [-0.3, -0.25) is 9.59 Å². The minimum Gasteiger partial charge on any atom is -0.463 e. The van der Waals surface area contributed by atoms with Crippen LogP contribution in [0.2, 0.25) is 5.02 Å². The number of benzene rings is 1. The molecule has 30 heavy (non-hydrogen) atoms. The first-order valence-corrected chi connectivity index (χ1v) is 10.6. The summed E-state index contributed by atoms with van der Waals surface area (Å²) in [5.41, 5.74) is 1.88. The zero-order valence-electron chi connectivity index (χ0n) is 17.4. The molecule has 1 aromatic carbocycles. The first-order chi connectivity index (χ1) is 14.3. The van der Waals surface area contributed by atoms with Crippen LogP contribution < -0.4 is 5.32 Å². The first-order valence-electron chi connectivity index (χ1n) is 10.2. The zero-order chi connectivity index (χ0) is 21.5. The fraction of sp³-hybridized carbons (Fsp3) is 0.391. The molecule has 158 valence electrons. The van der Waals surface area contributed by atoms with Crippen molar-refractivity contribution in [1.29, 1.82) is 0 Å². The summed E-state index contributed by atoms with van der Waals surface area (Å²) in [7, 11) is 0. The second-order valence-electron chi connectivity index (χ2n) is 8.52. The Balaban J connectivity index is 1.71. The molecule has 0 saturated heterocycles. The Labute approximate surface area is 180 Å². The fourth-order valence-electron chi connectivity index (χ4n) is 3.96. The van der Waals surface area contributed by atoms with Gasteiger partial charge in [-0.15, -0.1) is 0 Å². The van der Waals surface area contributed by atoms with Gasteiger partial charge >= 0.3 is 0 Å². The molecule has 0 aliphatic carbocycles. The number of halogens is 1. The number of nitrogens with one attached hydrogen (secondary N) is 1. The summed E-state index contributed by atoms with van der Waals surface area (Å²) in [5.74, 6) is 0.142. The lowest BCUT2D eigenvalue weighted by Crippen LogP contribution is -2.63. The van der Waals surface area contributed by atoms with Crippen LogP contribution in [0.3, 0.4) is 0 Å². The average molecular weight is 428 g/mol. The molecule has 2 amide bonds. The number of hydrogen-bond donors (Lipinski definition) is 1. The van der Waals surface area contributed by atoms with E-state index in [1.54, 1.807) is 29.4 Å². The summed E-state index contributed by atoms with van der Waals surface area (Å²) in [5, 5.41) is 3.68. The van der Waals surface area contributed by atoms with Crippen LogP contribution in [0.4, 0.5) is 0 Å². The van der Waals surface area contributed by atoms with Gasteiger partial charge in [0.2, 0.25) is 5.91 Å². The van der Waals surface area contributed by atoms with Crippen LogP contribution in [-0.2, 0) is 17.9 Å². The van der Waals surface area contributed by atoms with Crippen LogP contribution in [0, 0.1) is 5.92 Å². The van der Waals surface area contributed by atoms with E-state index in [4.69, 9.17) is 16.0 Å². The van der Waals surface area contributed by atoms with Gasteiger partial charge in [-0.05, 0) is 37.0 Å². The third-order valence-electron chi connectivity index (χ3n) is 5.80. The van der Waals surface area contributed by atoms with Crippen molar-refractivity contribution in [3.8, 4) is 0 Å². The van der Waals surface area contributed by atoms with Gasteiger partial charge in [0.1, 0.15) is 11.2 Å². The highest BCUT2D eigenvalue weighted by Gasteiger charge is 2.47. The van der Waals surface area contributed by atoms with Crippen LogP contribution in [0.5, 0.6) is 0 Å². The standard InChI is InChI=1S/C23H26ClN3O3/c1-15(2)8-10-25-22(29)23(3)14-26-18-9-11-30-20(18)12-19(26)21(28)27(23)13-16-4-6-17(24)7-5-16/h4-7,9,11-12,15H,8,10,13-14H2,1-3H3,(H,25,29). The molecule has 0 spiro atoms. The van der Waals surface area contributed by atoms with Gasteiger partial charge in [0.25, 0.3) is 5.91 Å². The molecule has 3 aromatic rings. The van der Waals surface area contributed by atoms with E-state index in [9.17, 15) is 9.59 Å². The SMILES string of the molecule is CC(C)CCNC(=O)C1(C)Cn2c(cc3occc32)C(=O)N1Cc1ccc(Cl)cc1. The molecule has 0 saturated carbocycles. The van der Waals surface area contributed by atoms with E-state index in [0.29, 0.717) is 41.9 Å². The number of carbonyl (C=O) groups is 2. The molecule has 0 bridgehead atoms. The van der Waals surface area contributed by atoms with E-state index in [1.165, 1.54) is 0 Å². The fourth-order valence-corrected chi connectivity index (χ4v) is 4.08. The van der Waals surface area contributed by atoms with Crippen molar-refractivity contribution in [3.05, 3.63) is 58.9 Å². The molecule has 1 N–H and O–H groups in total. The third kappa shape index (κ3) is 3.60. The van der Waals surface area contributed by atoms with Crippen molar-refractivity contribution in [2.24, 2.45) is 5.92 Å². The van der Waals surface area contributed by atoms with E-state index in [1.807, 2.05) is 29.7 Å². The number of nitrogens with zero attached hydrogens (tertiary/aromatic N) is 2. The number of hydrogen-bond acceptors (Lipinski definition) is 3. The van der Waals surface area contributed by atoms with Gasteiger partial charge in [-0.1, -0.05) is 37.6 Å². The summed E-state index contributed by atoms with van der Waals surface area (Å²) in [6.07, 6.45) is 2.48. The van der Waals surface area contributed by atoms with E-state index in [0.717, 1.165) is 17.5 Å². The molecule has 7 heteroatoms. The smallest absolute Gasteiger partial charge is 0.271 e. The molecule has 0 radical (unpaired) electrons. The highest BCUT2D eigenvalue weighted by molar-refractivity contribution is 6.30. The summed E-state index contributed by atoms with van der Waals surface area (Å²) in [4.78, 5) is 28.5. The summed E-state index contributed by atoms with van der Waals surface area (Å²) < 4.78 is 7.39.